The third-order valence-electron chi connectivity index (χ3n) is 2.17. The van der Waals surface area contributed by atoms with Crippen molar-refractivity contribution in [3.8, 4) is 0 Å². The lowest BCUT2D eigenvalue weighted by atomic mass is 10.3. The molecule has 1 aliphatic rings. The molecule has 0 bridgehead atoms. The minimum absolute atomic E-state index is 0.257. The Bertz CT molecular complexity index is 315. The molecule has 1 aromatic heterocycles. The summed E-state index contributed by atoms with van der Waals surface area (Å²) < 4.78 is 6.95. The highest BCUT2D eigenvalue weighted by Crippen LogP contribution is 2.17. The van der Waals surface area contributed by atoms with E-state index < -0.39 is 5.91 Å². The van der Waals surface area contributed by atoms with E-state index in [1.165, 1.54) is 6.20 Å². The highest BCUT2D eigenvalue weighted by Gasteiger charge is 2.18. The molecular weight excluding hydrogens is 170 g/mol. The number of carbonyl (C=O) groups is 1. The number of ether oxygens (including phenoxy) is 1. The van der Waals surface area contributed by atoms with E-state index in [0.29, 0.717) is 12.2 Å². The molecule has 1 saturated heterocycles. The van der Waals surface area contributed by atoms with Crippen LogP contribution in [0, 0.1) is 0 Å². The molecule has 0 aliphatic carbocycles. The number of rotatable bonds is 2. The van der Waals surface area contributed by atoms with Crippen molar-refractivity contribution >= 4 is 5.91 Å². The second-order valence-corrected chi connectivity index (χ2v) is 3.09. The predicted octanol–water partition coefficient (Wildman–Crippen LogP) is -0.0566. The van der Waals surface area contributed by atoms with Gasteiger partial charge >= 0.3 is 0 Å². The van der Waals surface area contributed by atoms with Gasteiger partial charge in [-0.1, -0.05) is 0 Å². The number of carbonyl (C=O) groups excluding carboxylic acids is 1. The van der Waals surface area contributed by atoms with E-state index in [0.717, 1.165) is 13.0 Å². The third-order valence-corrected chi connectivity index (χ3v) is 2.17. The van der Waals surface area contributed by atoms with Gasteiger partial charge in [0, 0.05) is 12.8 Å². The molecule has 2 rings (SSSR count). The first-order chi connectivity index (χ1) is 6.27. The van der Waals surface area contributed by atoms with Gasteiger partial charge in [0.05, 0.1) is 24.4 Å². The second kappa shape index (κ2) is 3.18. The van der Waals surface area contributed by atoms with Gasteiger partial charge in [-0.25, -0.2) is 0 Å². The molecule has 1 amide bonds. The molecule has 2 heterocycles. The van der Waals surface area contributed by atoms with Gasteiger partial charge in [0.15, 0.2) is 0 Å². The van der Waals surface area contributed by atoms with Crippen LogP contribution in [0.3, 0.4) is 0 Å². The van der Waals surface area contributed by atoms with Crippen LogP contribution in [0.25, 0.3) is 0 Å². The molecule has 5 nitrogen and oxygen atoms in total. The summed E-state index contributed by atoms with van der Waals surface area (Å²) in [5, 5.41) is 4.06. The quantitative estimate of drug-likeness (QED) is 0.695. The Morgan fingerprint density at radius 2 is 2.62 bits per heavy atom. The largest absolute Gasteiger partial charge is 0.379 e. The second-order valence-electron chi connectivity index (χ2n) is 3.09. The fraction of sp³-hybridized carbons (Fsp3) is 0.500. The van der Waals surface area contributed by atoms with Crippen LogP contribution in [-0.2, 0) is 4.74 Å². The zero-order valence-corrected chi connectivity index (χ0v) is 7.14. The normalized spacial score (nSPS) is 22.0. The minimum atomic E-state index is -0.440. The summed E-state index contributed by atoms with van der Waals surface area (Å²) in [7, 11) is 0. The van der Waals surface area contributed by atoms with E-state index in [1.807, 2.05) is 0 Å². The summed E-state index contributed by atoms with van der Waals surface area (Å²) >= 11 is 0. The maximum absolute atomic E-state index is 10.8. The fourth-order valence-electron chi connectivity index (χ4n) is 1.40. The molecule has 13 heavy (non-hydrogen) atoms. The van der Waals surface area contributed by atoms with Crippen molar-refractivity contribution < 1.29 is 9.53 Å². The van der Waals surface area contributed by atoms with Crippen molar-refractivity contribution in [2.45, 2.75) is 12.5 Å². The first kappa shape index (κ1) is 8.25. The highest BCUT2D eigenvalue weighted by atomic mass is 16.5. The summed E-state index contributed by atoms with van der Waals surface area (Å²) in [5.41, 5.74) is 5.55. The summed E-state index contributed by atoms with van der Waals surface area (Å²) in [6.45, 7) is 1.43. The lowest BCUT2D eigenvalue weighted by Crippen LogP contribution is -2.11. The average molecular weight is 181 g/mol. The van der Waals surface area contributed by atoms with Crippen LogP contribution in [0.4, 0.5) is 0 Å². The highest BCUT2D eigenvalue weighted by molar-refractivity contribution is 5.92. The first-order valence-electron chi connectivity index (χ1n) is 4.19. The zero-order chi connectivity index (χ0) is 9.26. The Morgan fingerprint density at radius 1 is 1.77 bits per heavy atom. The molecule has 0 radical (unpaired) electrons. The summed E-state index contributed by atoms with van der Waals surface area (Å²) in [6.07, 6.45) is 4.10. The molecule has 1 fully saturated rings. The van der Waals surface area contributed by atoms with E-state index in [4.69, 9.17) is 10.5 Å². The lowest BCUT2D eigenvalue weighted by Gasteiger charge is -2.06. The molecule has 0 unspecified atom stereocenters. The van der Waals surface area contributed by atoms with E-state index in [2.05, 4.69) is 5.10 Å². The smallest absolute Gasteiger partial charge is 0.251 e. The SMILES string of the molecule is NC(=O)c1cnn([C@H]2CCOC2)c1. The van der Waals surface area contributed by atoms with Gasteiger partial charge < -0.3 is 10.5 Å². The number of hydrogen-bond acceptors (Lipinski definition) is 3. The van der Waals surface area contributed by atoms with E-state index in [1.54, 1.807) is 10.9 Å². The predicted molar refractivity (Wildman–Crippen MR) is 45.2 cm³/mol. The van der Waals surface area contributed by atoms with Crippen molar-refractivity contribution in [1.82, 2.24) is 9.78 Å². The van der Waals surface area contributed by atoms with Crippen molar-refractivity contribution in [3.63, 3.8) is 0 Å². The summed E-state index contributed by atoms with van der Waals surface area (Å²) in [5.74, 6) is -0.440. The Balaban J connectivity index is 2.16. The van der Waals surface area contributed by atoms with Gasteiger partial charge in [0.1, 0.15) is 0 Å². The number of nitrogens with two attached hydrogens (primary N) is 1. The van der Waals surface area contributed by atoms with Crippen LogP contribution < -0.4 is 5.73 Å². The Hall–Kier alpha value is -1.36. The maximum atomic E-state index is 10.8. The molecule has 1 atom stereocenters. The van der Waals surface area contributed by atoms with Crippen molar-refractivity contribution in [2.24, 2.45) is 5.73 Å². The Kier molecular flexibility index (Phi) is 2.02. The molecule has 1 aromatic rings. The topological polar surface area (TPSA) is 70.1 Å². The molecule has 70 valence electrons. The van der Waals surface area contributed by atoms with Gasteiger partial charge in [-0.3, -0.25) is 9.48 Å². The molecule has 0 spiro atoms. The Morgan fingerprint density at radius 3 is 3.15 bits per heavy atom. The monoisotopic (exact) mass is 181 g/mol. The van der Waals surface area contributed by atoms with Crippen LogP contribution >= 0.6 is 0 Å². The number of amides is 1. The van der Waals surface area contributed by atoms with E-state index in [9.17, 15) is 4.79 Å². The number of primary amides is 1. The fourth-order valence-corrected chi connectivity index (χ4v) is 1.40. The van der Waals surface area contributed by atoms with Crippen molar-refractivity contribution in [1.29, 1.82) is 0 Å². The molecule has 5 heteroatoms. The van der Waals surface area contributed by atoms with Gasteiger partial charge in [0.2, 0.25) is 0 Å². The molecular formula is C8H11N3O2. The summed E-state index contributed by atoms with van der Waals surface area (Å²) in [4.78, 5) is 10.8. The van der Waals surface area contributed by atoms with Gasteiger partial charge in [-0.05, 0) is 6.42 Å². The maximum Gasteiger partial charge on any atom is 0.251 e. The van der Waals surface area contributed by atoms with E-state index >= 15 is 0 Å². The van der Waals surface area contributed by atoms with Crippen molar-refractivity contribution in [2.75, 3.05) is 13.2 Å². The standard InChI is InChI=1S/C8H11N3O2/c9-8(12)6-3-10-11(4-6)7-1-2-13-5-7/h3-4,7H,1-2,5H2,(H2,9,12)/t7-/m0/s1. The number of hydrogen-bond donors (Lipinski definition) is 1. The van der Waals surface area contributed by atoms with Crippen LogP contribution in [0.15, 0.2) is 12.4 Å². The molecule has 1 aliphatic heterocycles. The molecule has 0 aromatic carbocycles. The summed E-state index contributed by atoms with van der Waals surface area (Å²) in [6, 6.07) is 0.257. The van der Waals surface area contributed by atoms with Crippen molar-refractivity contribution in [3.05, 3.63) is 18.0 Å². The van der Waals surface area contributed by atoms with E-state index in [-0.39, 0.29) is 6.04 Å². The molecule has 2 N–H and O–H groups in total. The van der Waals surface area contributed by atoms with Crippen LogP contribution in [0.2, 0.25) is 0 Å². The van der Waals surface area contributed by atoms with Gasteiger partial charge in [-0.2, -0.15) is 5.10 Å². The lowest BCUT2D eigenvalue weighted by molar-refractivity contribution is 0.1000. The number of nitrogens with zero attached hydrogens (tertiary/aromatic N) is 2. The zero-order valence-electron chi connectivity index (χ0n) is 7.14. The van der Waals surface area contributed by atoms with Gasteiger partial charge in [0.25, 0.3) is 5.91 Å². The minimum Gasteiger partial charge on any atom is -0.379 e. The Labute approximate surface area is 75.5 Å². The third kappa shape index (κ3) is 1.55. The number of aromatic nitrogens is 2. The molecule has 0 saturated carbocycles. The average Bonchev–Trinajstić information content (AvgIpc) is 2.75. The first-order valence-corrected chi connectivity index (χ1v) is 4.19. The van der Waals surface area contributed by atoms with Gasteiger partial charge in [-0.15, -0.1) is 0 Å². The van der Waals surface area contributed by atoms with Crippen LogP contribution in [-0.4, -0.2) is 28.9 Å². The van der Waals surface area contributed by atoms with Crippen LogP contribution in [0.5, 0.6) is 0 Å². The van der Waals surface area contributed by atoms with Crippen LogP contribution in [0.1, 0.15) is 22.8 Å².